The van der Waals surface area contributed by atoms with Crippen molar-refractivity contribution >= 4 is 33.4 Å². The molecule has 1 aromatic heterocycles. The van der Waals surface area contributed by atoms with Gasteiger partial charge in [-0.3, -0.25) is 9.79 Å². The lowest BCUT2D eigenvalue weighted by molar-refractivity contribution is 0.104. The molecule has 1 heterocycles. The van der Waals surface area contributed by atoms with E-state index >= 15 is 0 Å². The highest BCUT2D eigenvalue weighted by Gasteiger charge is 2.22. The zero-order chi connectivity index (χ0) is 25.3. The summed E-state index contributed by atoms with van der Waals surface area (Å²) >= 11 is 1.52. The standard InChI is InChI=1S/C31H29NO3S/c1-3-5-6-7-18-32-19-20-35-26-15-11-23(12-16-26)30(34)29-27-17-8-22(4-2)21-28(27)36-31(29)24-9-13-25(33)14-10-24/h2,8-17,19,21,33H,3,5-7,18,20H2,1H3. The normalized spacial score (nSPS) is 11.1. The number of rotatable bonds is 11. The molecule has 0 radical (unpaired) electrons. The maximum atomic E-state index is 13.7. The number of carbonyl (C=O) groups is 1. The number of hydrogen-bond acceptors (Lipinski definition) is 5. The molecule has 0 unspecified atom stereocenters. The monoisotopic (exact) mass is 495 g/mol. The number of fused-ring (bicyclic) bond motifs is 1. The number of aromatic hydroxyl groups is 1. The van der Waals surface area contributed by atoms with Gasteiger partial charge < -0.3 is 9.84 Å². The molecule has 4 rings (SSSR count). The summed E-state index contributed by atoms with van der Waals surface area (Å²) in [5.74, 6) is 3.46. The minimum Gasteiger partial charge on any atom is -0.508 e. The molecule has 182 valence electrons. The predicted octanol–water partition coefficient (Wildman–Crippen LogP) is 7.52. The Balaban J connectivity index is 1.54. The highest BCUT2D eigenvalue weighted by Crippen LogP contribution is 2.40. The highest BCUT2D eigenvalue weighted by atomic mass is 32.1. The van der Waals surface area contributed by atoms with Crippen LogP contribution in [0.2, 0.25) is 0 Å². The number of thiophene rings is 1. The summed E-state index contributed by atoms with van der Waals surface area (Å²) in [7, 11) is 0. The van der Waals surface area contributed by atoms with E-state index in [1.165, 1.54) is 30.6 Å². The Morgan fingerprint density at radius 3 is 2.56 bits per heavy atom. The number of benzene rings is 3. The van der Waals surface area contributed by atoms with Crippen molar-refractivity contribution in [3.8, 4) is 34.3 Å². The van der Waals surface area contributed by atoms with Crippen molar-refractivity contribution in [2.45, 2.75) is 32.6 Å². The number of phenols is 1. The molecule has 4 nitrogen and oxygen atoms in total. The maximum absolute atomic E-state index is 13.7. The summed E-state index contributed by atoms with van der Waals surface area (Å²) < 4.78 is 6.71. The van der Waals surface area contributed by atoms with E-state index in [2.05, 4.69) is 17.8 Å². The number of unbranched alkanes of at least 4 members (excludes halogenated alkanes) is 3. The fourth-order valence-electron chi connectivity index (χ4n) is 3.98. The van der Waals surface area contributed by atoms with Gasteiger partial charge in [-0.05, 0) is 72.6 Å². The summed E-state index contributed by atoms with van der Waals surface area (Å²) in [5.41, 5.74) is 2.85. The molecule has 0 aliphatic rings. The molecule has 3 aromatic carbocycles. The molecule has 5 heteroatoms. The van der Waals surface area contributed by atoms with Gasteiger partial charge in [0.2, 0.25) is 0 Å². The topological polar surface area (TPSA) is 58.9 Å². The molecule has 0 aliphatic heterocycles. The first kappa shape index (κ1) is 25.2. The third-order valence-corrected chi connectivity index (χ3v) is 7.13. The number of phenolic OH excluding ortho intramolecular Hbond substituents is 1. The van der Waals surface area contributed by atoms with Gasteiger partial charge in [-0.25, -0.2) is 0 Å². The van der Waals surface area contributed by atoms with Crippen molar-refractivity contribution in [2.75, 3.05) is 13.2 Å². The SMILES string of the molecule is C#Cc1ccc2c(C(=O)c3ccc(OCC=NCCCCCC)cc3)c(-c3ccc(O)cc3)sc2c1. The Morgan fingerprint density at radius 1 is 1.06 bits per heavy atom. The van der Waals surface area contributed by atoms with E-state index < -0.39 is 0 Å². The van der Waals surface area contributed by atoms with E-state index in [9.17, 15) is 9.90 Å². The number of terminal acetylenes is 1. The van der Waals surface area contributed by atoms with Crippen molar-refractivity contribution in [3.05, 3.63) is 83.4 Å². The van der Waals surface area contributed by atoms with E-state index in [0.717, 1.165) is 39.1 Å². The Kier molecular flexibility index (Phi) is 8.54. The molecule has 0 bridgehead atoms. The van der Waals surface area contributed by atoms with Gasteiger partial charge >= 0.3 is 0 Å². The maximum Gasteiger partial charge on any atom is 0.195 e. The molecule has 1 N–H and O–H groups in total. The first-order valence-corrected chi connectivity index (χ1v) is 13.0. The summed E-state index contributed by atoms with van der Waals surface area (Å²) in [5, 5.41) is 10.6. The smallest absolute Gasteiger partial charge is 0.195 e. The van der Waals surface area contributed by atoms with Crippen LogP contribution in [0.5, 0.6) is 11.5 Å². The van der Waals surface area contributed by atoms with Crippen LogP contribution in [0.25, 0.3) is 20.5 Å². The Morgan fingerprint density at radius 2 is 1.83 bits per heavy atom. The van der Waals surface area contributed by atoms with E-state index in [4.69, 9.17) is 11.2 Å². The third kappa shape index (κ3) is 6.02. The number of ketones is 1. The molecule has 0 aliphatic carbocycles. The van der Waals surface area contributed by atoms with Gasteiger partial charge in [0, 0.05) is 44.4 Å². The second-order valence-electron chi connectivity index (χ2n) is 8.52. The van der Waals surface area contributed by atoms with Gasteiger partial charge in [0.25, 0.3) is 0 Å². The zero-order valence-corrected chi connectivity index (χ0v) is 21.2. The van der Waals surface area contributed by atoms with Crippen LogP contribution in [0.3, 0.4) is 0 Å². The van der Waals surface area contributed by atoms with E-state index in [1.54, 1.807) is 30.5 Å². The van der Waals surface area contributed by atoms with Crippen LogP contribution in [-0.4, -0.2) is 30.3 Å². The van der Waals surface area contributed by atoms with Crippen molar-refractivity contribution in [1.82, 2.24) is 0 Å². The number of aliphatic imine (C=N–C) groups is 1. The van der Waals surface area contributed by atoms with Gasteiger partial charge in [0.15, 0.2) is 5.78 Å². The quantitative estimate of drug-likeness (QED) is 0.101. The van der Waals surface area contributed by atoms with Crippen molar-refractivity contribution in [2.24, 2.45) is 4.99 Å². The molecule has 0 fully saturated rings. The third-order valence-electron chi connectivity index (χ3n) is 5.92. The first-order valence-electron chi connectivity index (χ1n) is 12.2. The van der Waals surface area contributed by atoms with Crippen LogP contribution in [0, 0.1) is 12.3 Å². The molecular weight excluding hydrogens is 466 g/mol. The van der Waals surface area contributed by atoms with Crippen molar-refractivity contribution < 1.29 is 14.6 Å². The molecule has 0 amide bonds. The van der Waals surface area contributed by atoms with Crippen LogP contribution in [0.1, 0.15) is 54.1 Å². The fourth-order valence-corrected chi connectivity index (χ4v) is 5.23. The van der Waals surface area contributed by atoms with Gasteiger partial charge in [0.05, 0.1) is 0 Å². The fraction of sp³-hybridized carbons (Fsp3) is 0.226. The first-order chi connectivity index (χ1) is 17.6. The Bertz CT molecular complexity index is 1390. The molecular formula is C31H29NO3S. The van der Waals surface area contributed by atoms with Gasteiger partial charge in [-0.2, -0.15) is 0 Å². The molecule has 0 atom stereocenters. The summed E-state index contributed by atoms with van der Waals surface area (Å²) in [6, 6.07) is 19.8. The molecule has 36 heavy (non-hydrogen) atoms. The summed E-state index contributed by atoms with van der Waals surface area (Å²) in [6.45, 7) is 3.43. The lowest BCUT2D eigenvalue weighted by atomic mass is 9.97. The summed E-state index contributed by atoms with van der Waals surface area (Å²) in [6.07, 6.45) is 12.2. The number of ether oxygens (including phenoxy) is 1. The minimum absolute atomic E-state index is 0.0713. The van der Waals surface area contributed by atoms with E-state index in [0.29, 0.717) is 23.5 Å². The van der Waals surface area contributed by atoms with Crippen molar-refractivity contribution in [1.29, 1.82) is 0 Å². The molecule has 0 saturated heterocycles. The molecule has 0 spiro atoms. The predicted molar refractivity (Wildman–Crippen MR) is 150 cm³/mol. The van der Waals surface area contributed by atoms with Gasteiger partial charge in [0.1, 0.15) is 18.1 Å². The van der Waals surface area contributed by atoms with E-state index in [1.807, 2.05) is 42.5 Å². The van der Waals surface area contributed by atoms with Gasteiger partial charge in [-0.15, -0.1) is 17.8 Å². The highest BCUT2D eigenvalue weighted by molar-refractivity contribution is 7.22. The minimum atomic E-state index is -0.0713. The second-order valence-corrected chi connectivity index (χ2v) is 9.57. The lowest BCUT2D eigenvalue weighted by Crippen LogP contribution is -2.03. The van der Waals surface area contributed by atoms with Gasteiger partial charge in [-0.1, -0.05) is 38.2 Å². The summed E-state index contributed by atoms with van der Waals surface area (Å²) in [4.78, 5) is 18.9. The van der Waals surface area contributed by atoms with E-state index in [-0.39, 0.29) is 11.5 Å². The van der Waals surface area contributed by atoms with Crippen LogP contribution in [0.15, 0.2) is 71.7 Å². The van der Waals surface area contributed by atoms with Crippen LogP contribution < -0.4 is 4.74 Å². The Hall–Kier alpha value is -3.88. The average molecular weight is 496 g/mol. The van der Waals surface area contributed by atoms with Crippen molar-refractivity contribution in [3.63, 3.8) is 0 Å². The zero-order valence-electron chi connectivity index (χ0n) is 20.4. The largest absolute Gasteiger partial charge is 0.508 e. The average Bonchev–Trinajstić information content (AvgIpc) is 3.29. The molecule has 0 saturated carbocycles. The number of hydrogen-bond donors (Lipinski definition) is 1. The van der Waals surface area contributed by atoms with Crippen LogP contribution in [-0.2, 0) is 0 Å². The second kappa shape index (κ2) is 12.2. The Labute approximate surface area is 216 Å². The number of nitrogens with zero attached hydrogens (tertiary/aromatic N) is 1. The molecule has 4 aromatic rings. The van der Waals surface area contributed by atoms with Crippen LogP contribution >= 0.6 is 11.3 Å². The van der Waals surface area contributed by atoms with Crippen LogP contribution in [0.4, 0.5) is 0 Å². The lowest BCUT2D eigenvalue weighted by Gasteiger charge is -2.07. The number of carbonyl (C=O) groups excluding carboxylic acids is 1.